The summed E-state index contributed by atoms with van der Waals surface area (Å²) in [6.45, 7) is 1.69. The smallest absolute Gasteiger partial charge is 0.321 e. The topological polar surface area (TPSA) is 56.1 Å². The van der Waals surface area contributed by atoms with E-state index in [-0.39, 0.29) is 11.3 Å². The number of hydrogen-bond donors (Lipinski definition) is 1. The molecule has 2 aromatic carbocycles. The number of rotatable bonds is 3. The van der Waals surface area contributed by atoms with Gasteiger partial charge >= 0.3 is 6.03 Å². The maximum absolute atomic E-state index is 13.8. The van der Waals surface area contributed by atoms with E-state index >= 15 is 0 Å². The Morgan fingerprint density at radius 1 is 1.26 bits per heavy atom. The molecule has 0 radical (unpaired) electrons. The molecule has 1 unspecified atom stereocenters. The van der Waals surface area contributed by atoms with Crippen LogP contribution >= 0.6 is 0 Å². The van der Waals surface area contributed by atoms with Gasteiger partial charge in [0.2, 0.25) is 0 Å². The summed E-state index contributed by atoms with van der Waals surface area (Å²) in [6, 6.07) is 10.5. The molecular weight excluding hydrogens is 300 g/mol. The van der Waals surface area contributed by atoms with Crippen LogP contribution in [-0.4, -0.2) is 18.0 Å². The summed E-state index contributed by atoms with van der Waals surface area (Å²) >= 11 is 0. The first-order valence-electron chi connectivity index (χ1n) is 6.92. The highest BCUT2D eigenvalue weighted by atomic mass is 19.1. The third kappa shape index (κ3) is 3.64. The van der Waals surface area contributed by atoms with Crippen LogP contribution in [0.25, 0.3) is 0 Å². The molecule has 23 heavy (non-hydrogen) atoms. The lowest BCUT2D eigenvalue weighted by Crippen LogP contribution is -2.34. The molecule has 0 bridgehead atoms. The Morgan fingerprint density at radius 3 is 2.61 bits per heavy atom. The maximum atomic E-state index is 13.8. The minimum Gasteiger partial charge on any atom is -0.321 e. The van der Waals surface area contributed by atoms with E-state index in [1.165, 1.54) is 24.1 Å². The summed E-state index contributed by atoms with van der Waals surface area (Å²) in [6.07, 6.45) is 0. The summed E-state index contributed by atoms with van der Waals surface area (Å²) < 4.78 is 26.9. The van der Waals surface area contributed by atoms with E-state index in [0.29, 0.717) is 5.56 Å². The van der Waals surface area contributed by atoms with E-state index < -0.39 is 23.7 Å². The fourth-order valence-corrected chi connectivity index (χ4v) is 2.12. The van der Waals surface area contributed by atoms with Gasteiger partial charge in [-0.25, -0.2) is 13.6 Å². The van der Waals surface area contributed by atoms with Crippen LogP contribution in [-0.2, 0) is 0 Å². The largest absolute Gasteiger partial charge is 0.322 e. The van der Waals surface area contributed by atoms with Crippen molar-refractivity contribution >= 4 is 11.7 Å². The molecular formula is C17H15F2N3O. The molecule has 6 heteroatoms. The Hall–Kier alpha value is -2.94. The van der Waals surface area contributed by atoms with Crippen molar-refractivity contribution in [1.82, 2.24) is 4.90 Å². The molecule has 118 valence electrons. The van der Waals surface area contributed by atoms with Crippen LogP contribution in [0.3, 0.4) is 0 Å². The Balaban J connectivity index is 2.18. The van der Waals surface area contributed by atoms with Crippen molar-refractivity contribution in [2.24, 2.45) is 0 Å². The van der Waals surface area contributed by atoms with Crippen LogP contribution < -0.4 is 5.32 Å². The molecule has 0 saturated heterocycles. The van der Waals surface area contributed by atoms with Gasteiger partial charge in [0.05, 0.1) is 17.3 Å². The van der Waals surface area contributed by atoms with Gasteiger partial charge in [-0.15, -0.1) is 0 Å². The van der Waals surface area contributed by atoms with E-state index in [1.807, 2.05) is 6.07 Å². The number of nitrogens with one attached hydrogen (secondary N) is 1. The lowest BCUT2D eigenvalue weighted by molar-refractivity contribution is 0.207. The molecule has 2 amide bonds. The summed E-state index contributed by atoms with van der Waals surface area (Å²) in [7, 11) is 1.52. The standard InChI is InChI=1S/C17H15F2N3O/c1-11(14-5-3-4-6-15(14)19)22(2)17(23)21-16-8-7-13(18)9-12(16)10-20/h3-9,11H,1-2H3,(H,21,23). The maximum Gasteiger partial charge on any atom is 0.322 e. The van der Waals surface area contributed by atoms with Crippen LogP contribution in [0, 0.1) is 23.0 Å². The zero-order valence-corrected chi connectivity index (χ0v) is 12.7. The van der Waals surface area contributed by atoms with Crippen molar-refractivity contribution in [3.63, 3.8) is 0 Å². The highest BCUT2D eigenvalue weighted by molar-refractivity contribution is 5.90. The van der Waals surface area contributed by atoms with Crippen LogP contribution in [0.5, 0.6) is 0 Å². The molecule has 2 rings (SSSR count). The van der Waals surface area contributed by atoms with Crippen molar-refractivity contribution in [2.45, 2.75) is 13.0 Å². The molecule has 0 saturated carbocycles. The summed E-state index contributed by atoms with van der Waals surface area (Å²) in [5.74, 6) is -0.966. The van der Waals surface area contributed by atoms with Crippen LogP contribution in [0.4, 0.5) is 19.3 Å². The molecule has 0 fully saturated rings. The van der Waals surface area contributed by atoms with Gasteiger partial charge in [-0.1, -0.05) is 18.2 Å². The second-order valence-corrected chi connectivity index (χ2v) is 5.04. The Bertz CT molecular complexity index is 771. The highest BCUT2D eigenvalue weighted by Crippen LogP contribution is 2.23. The van der Waals surface area contributed by atoms with Crippen molar-refractivity contribution in [3.05, 3.63) is 65.2 Å². The van der Waals surface area contributed by atoms with Crippen LogP contribution in [0.2, 0.25) is 0 Å². The van der Waals surface area contributed by atoms with E-state index in [4.69, 9.17) is 5.26 Å². The molecule has 0 aliphatic heterocycles. The van der Waals surface area contributed by atoms with Crippen molar-refractivity contribution in [2.75, 3.05) is 12.4 Å². The monoisotopic (exact) mass is 315 g/mol. The molecule has 4 nitrogen and oxygen atoms in total. The van der Waals surface area contributed by atoms with E-state index in [2.05, 4.69) is 5.32 Å². The predicted octanol–water partition coefficient (Wildman–Crippen LogP) is 4.06. The average molecular weight is 315 g/mol. The van der Waals surface area contributed by atoms with E-state index in [9.17, 15) is 13.6 Å². The van der Waals surface area contributed by atoms with Gasteiger partial charge in [-0.2, -0.15) is 5.26 Å². The van der Waals surface area contributed by atoms with Gasteiger partial charge in [-0.05, 0) is 31.2 Å². The molecule has 0 spiro atoms. The molecule has 0 aliphatic carbocycles. The highest BCUT2D eigenvalue weighted by Gasteiger charge is 2.20. The quantitative estimate of drug-likeness (QED) is 0.928. The van der Waals surface area contributed by atoms with Crippen LogP contribution in [0.15, 0.2) is 42.5 Å². The normalized spacial score (nSPS) is 11.4. The van der Waals surface area contributed by atoms with Crippen molar-refractivity contribution < 1.29 is 13.6 Å². The number of nitriles is 1. The summed E-state index contributed by atoms with van der Waals surface area (Å²) in [5, 5.41) is 11.5. The predicted molar refractivity (Wildman–Crippen MR) is 82.7 cm³/mol. The number of urea groups is 1. The zero-order valence-electron chi connectivity index (χ0n) is 12.7. The fourth-order valence-electron chi connectivity index (χ4n) is 2.12. The molecule has 1 atom stereocenters. The Kier molecular flexibility index (Phi) is 4.91. The van der Waals surface area contributed by atoms with E-state index in [0.717, 1.165) is 12.1 Å². The number of amides is 2. The lowest BCUT2D eigenvalue weighted by Gasteiger charge is -2.26. The fraction of sp³-hybridized carbons (Fsp3) is 0.176. The number of carbonyl (C=O) groups excluding carboxylic acids is 1. The minimum absolute atomic E-state index is 0.0188. The number of carbonyl (C=O) groups is 1. The first kappa shape index (κ1) is 16.4. The number of nitrogens with zero attached hydrogens (tertiary/aromatic N) is 2. The molecule has 0 aromatic heterocycles. The Labute approximate surface area is 133 Å². The second kappa shape index (κ2) is 6.88. The summed E-state index contributed by atoms with van der Waals surface area (Å²) in [4.78, 5) is 13.6. The van der Waals surface area contributed by atoms with Gasteiger partial charge in [0, 0.05) is 12.6 Å². The average Bonchev–Trinajstić information content (AvgIpc) is 2.55. The SMILES string of the molecule is CC(c1ccccc1F)N(C)C(=O)Nc1ccc(F)cc1C#N. The number of hydrogen-bond acceptors (Lipinski definition) is 2. The number of anilines is 1. The Morgan fingerprint density at radius 2 is 1.96 bits per heavy atom. The van der Waals surface area contributed by atoms with E-state index in [1.54, 1.807) is 25.1 Å². The van der Waals surface area contributed by atoms with Crippen molar-refractivity contribution in [3.8, 4) is 6.07 Å². The van der Waals surface area contributed by atoms with Gasteiger partial charge in [0.1, 0.15) is 17.7 Å². The third-order valence-corrected chi connectivity index (χ3v) is 3.60. The molecule has 0 heterocycles. The van der Waals surface area contributed by atoms with Crippen molar-refractivity contribution in [1.29, 1.82) is 5.26 Å². The first-order chi connectivity index (χ1) is 10.9. The van der Waals surface area contributed by atoms with Gasteiger partial charge in [0.15, 0.2) is 0 Å². The van der Waals surface area contributed by atoms with Gasteiger partial charge < -0.3 is 10.2 Å². The van der Waals surface area contributed by atoms with Gasteiger partial charge in [-0.3, -0.25) is 0 Å². The summed E-state index contributed by atoms with van der Waals surface area (Å²) in [5.41, 5.74) is 0.599. The lowest BCUT2D eigenvalue weighted by atomic mass is 10.1. The molecule has 0 aliphatic rings. The zero-order chi connectivity index (χ0) is 17.0. The molecule has 1 N–H and O–H groups in total. The minimum atomic E-state index is -0.562. The molecule has 2 aromatic rings. The first-order valence-corrected chi connectivity index (χ1v) is 6.92. The second-order valence-electron chi connectivity index (χ2n) is 5.04. The third-order valence-electron chi connectivity index (χ3n) is 3.60. The van der Waals surface area contributed by atoms with Gasteiger partial charge in [0.25, 0.3) is 0 Å². The van der Waals surface area contributed by atoms with Crippen LogP contribution in [0.1, 0.15) is 24.1 Å². The number of halogens is 2. The number of benzene rings is 2.